The molecule has 7 rings (SSSR count). The molecule has 0 saturated heterocycles. The molecule has 4 aromatic rings. The summed E-state index contributed by atoms with van der Waals surface area (Å²) in [6.07, 6.45) is 22.9. The number of nitrogens with zero attached hydrogens (tertiary/aromatic N) is 6. The van der Waals surface area contributed by atoms with Crippen molar-refractivity contribution in [2.45, 2.75) is 65.2 Å². The Hall–Kier alpha value is -4.17. The van der Waals surface area contributed by atoms with E-state index in [1.54, 1.807) is 18.6 Å². The monoisotopic (exact) mass is 592 g/mol. The molecule has 4 aromatic heterocycles. The van der Waals surface area contributed by atoms with Gasteiger partial charge in [-0.2, -0.15) is 0 Å². The highest BCUT2D eigenvalue weighted by atomic mass is 35.5. The number of allylic oxidation sites excluding steroid dienone is 4. The molecule has 0 aromatic carbocycles. The number of hydrogen-bond donors (Lipinski definition) is 2. The highest BCUT2D eigenvalue weighted by Gasteiger charge is 2.46. The zero-order chi connectivity index (χ0) is 30.4. The molecule has 1 unspecified atom stereocenters. The van der Waals surface area contributed by atoms with Crippen LogP contribution in [0.5, 0.6) is 0 Å². The van der Waals surface area contributed by atoms with E-state index in [9.17, 15) is 0 Å². The quantitative estimate of drug-likeness (QED) is 0.229. The number of nitrogens with two attached hydrogens (primary N) is 2. The Balaban J connectivity index is 0.000000153. The fourth-order valence-electron chi connectivity index (χ4n) is 6.24. The van der Waals surface area contributed by atoms with Gasteiger partial charge in [-0.05, 0) is 71.8 Å². The number of fused-ring (bicyclic) bond motifs is 5. The fourth-order valence-corrected chi connectivity index (χ4v) is 6.46. The lowest BCUT2D eigenvalue weighted by Gasteiger charge is -2.36. The summed E-state index contributed by atoms with van der Waals surface area (Å²) in [4.78, 5) is 25.8. The van der Waals surface area contributed by atoms with Gasteiger partial charge in [-0.1, -0.05) is 57.5 Å². The topological polar surface area (TPSA) is 129 Å². The Kier molecular flexibility index (Phi) is 7.29. The molecule has 0 radical (unpaired) electrons. The maximum absolute atomic E-state index is 6.29. The zero-order valence-corrected chi connectivity index (χ0v) is 25.9. The number of nitrogen functional groups attached to an aromatic ring is 2. The molecule has 4 heterocycles. The molecule has 0 fully saturated rings. The Morgan fingerprint density at radius 1 is 0.744 bits per heavy atom. The molecule has 0 amide bonds. The molecule has 3 aliphatic carbocycles. The van der Waals surface area contributed by atoms with Crippen molar-refractivity contribution < 1.29 is 0 Å². The molecule has 4 N–H and O–H groups in total. The van der Waals surface area contributed by atoms with E-state index in [2.05, 4.69) is 81.9 Å². The summed E-state index contributed by atoms with van der Waals surface area (Å²) in [5.41, 5.74) is 20.5. The van der Waals surface area contributed by atoms with E-state index in [4.69, 9.17) is 23.1 Å². The molecule has 9 heteroatoms. The Morgan fingerprint density at radius 2 is 1.44 bits per heavy atom. The SMILES string of the molecule is CC1(C)C=CC2(CC1)c1cnccc1-c1cnc(N)nc12.CC1(C)CC=C(c2nc(N)ncc2-c2ccncc2Cl)CC1. The Bertz CT molecular complexity index is 1760. The smallest absolute Gasteiger partial charge is 0.220 e. The van der Waals surface area contributed by atoms with Gasteiger partial charge >= 0.3 is 0 Å². The van der Waals surface area contributed by atoms with Crippen molar-refractivity contribution >= 4 is 29.1 Å². The van der Waals surface area contributed by atoms with Gasteiger partial charge in [-0.15, -0.1) is 0 Å². The highest BCUT2D eigenvalue weighted by Crippen LogP contribution is 2.54. The van der Waals surface area contributed by atoms with Crippen LogP contribution < -0.4 is 11.5 Å². The molecule has 8 nitrogen and oxygen atoms in total. The van der Waals surface area contributed by atoms with Gasteiger partial charge < -0.3 is 11.5 Å². The first-order chi connectivity index (χ1) is 20.5. The predicted molar refractivity (Wildman–Crippen MR) is 173 cm³/mol. The molecule has 3 aliphatic rings. The maximum atomic E-state index is 6.29. The maximum Gasteiger partial charge on any atom is 0.220 e. The van der Waals surface area contributed by atoms with Gasteiger partial charge in [-0.3, -0.25) is 9.97 Å². The van der Waals surface area contributed by atoms with Crippen molar-refractivity contribution in [1.29, 1.82) is 0 Å². The van der Waals surface area contributed by atoms with E-state index in [1.165, 1.54) is 16.7 Å². The van der Waals surface area contributed by atoms with Gasteiger partial charge in [0.25, 0.3) is 0 Å². The fraction of sp³-hybridized carbons (Fsp3) is 0.353. The molecule has 220 valence electrons. The Morgan fingerprint density at radius 3 is 2.12 bits per heavy atom. The minimum atomic E-state index is -0.189. The van der Waals surface area contributed by atoms with Gasteiger partial charge in [0.05, 0.1) is 21.8 Å². The standard InChI is InChI=1S/C17H19ClN4.C17H18N4/c1-17(2)6-3-11(4-7-17)15-13(9-21-16(19)22-15)12-5-8-20-10-14(12)18;1-16(2)4-6-17(7-5-16)13-10-19-8-3-11(13)12-9-20-15(18)21-14(12)17/h3,5,8-10H,4,6-7H2,1-2H3,(H2,19,21,22);3-4,6,8-10H,5,7H2,1-2H3,(H2,18,20,21). The van der Waals surface area contributed by atoms with Crippen LogP contribution in [0.1, 0.15) is 76.8 Å². The number of aromatic nitrogens is 6. The molecule has 43 heavy (non-hydrogen) atoms. The van der Waals surface area contributed by atoms with Gasteiger partial charge in [-0.25, -0.2) is 19.9 Å². The lowest BCUT2D eigenvalue weighted by Crippen LogP contribution is -2.30. The zero-order valence-electron chi connectivity index (χ0n) is 25.1. The summed E-state index contributed by atoms with van der Waals surface area (Å²) in [5, 5.41) is 0.592. The van der Waals surface area contributed by atoms with E-state index < -0.39 is 0 Å². The number of hydrogen-bond acceptors (Lipinski definition) is 8. The largest absolute Gasteiger partial charge is 0.368 e. The molecule has 0 aliphatic heterocycles. The average molecular weight is 593 g/mol. The van der Waals surface area contributed by atoms with Crippen LogP contribution in [0.15, 0.2) is 67.5 Å². The number of anilines is 2. The van der Waals surface area contributed by atoms with Gasteiger partial charge in [0.1, 0.15) is 0 Å². The molecule has 1 atom stereocenters. The van der Waals surface area contributed by atoms with Crippen molar-refractivity contribution in [3.05, 3.63) is 89.5 Å². The van der Waals surface area contributed by atoms with Crippen molar-refractivity contribution in [2.75, 3.05) is 11.5 Å². The molecular weight excluding hydrogens is 556 g/mol. The Labute approximate surface area is 257 Å². The number of rotatable bonds is 2. The van der Waals surface area contributed by atoms with Crippen LogP contribution in [0.4, 0.5) is 11.9 Å². The van der Waals surface area contributed by atoms with Crippen LogP contribution in [-0.2, 0) is 5.41 Å². The third-order valence-corrected chi connectivity index (χ3v) is 9.25. The van der Waals surface area contributed by atoms with Crippen LogP contribution in [0, 0.1) is 10.8 Å². The lowest BCUT2D eigenvalue weighted by atomic mass is 9.67. The van der Waals surface area contributed by atoms with E-state index in [-0.39, 0.29) is 16.8 Å². The third kappa shape index (κ3) is 5.52. The van der Waals surface area contributed by atoms with E-state index >= 15 is 0 Å². The van der Waals surface area contributed by atoms with Crippen LogP contribution in [0.2, 0.25) is 5.02 Å². The highest BCUT2D eigenvalue weighted by molar-refractivity contribution is 6.33. The normalized spacial score (nSPS) is 20.9. The minimum Gasteiger partial charge on any atom is -0.368 e. The summed E-state index contributed by atoms with van der Waals surface area (Å²) in [6.45, 7) is 9.11. The van der Waals surface area contributed by atoms with E-state index in [1.807, 2.05) is 24.7 Å². The predicted octanol–water partition coefficient (Wildman–Crippen LogP) is 7.46. The third-order valence-electron chi connectivity index (χ3n) is 8.95. The summed E-state index contributed by atoms with van der Waals surface area (Å²) in [6, 6.07) is 3.93. The summed E-state index contributed by atoms with van der Waals surface area (Å²) in [7, 11) is 0. The first kappa shape index (κ1) is 28.9. The summed E-state index contributed by atoms with van der Waals surface area (Å²) in [5.74, 6) is 0.627. The van der Waals surface area contributed by atoms with Crippen molar-refractivity contribution in [2.24, 2.45) is 10.8 Å². The number of halogens is 1. The van der Waals surface area contributed by atoms with Crippen molar-refractivity contribution in [1.82, 2.24) is 29.9 Å². The second-order valence-corrected chi connectivity index (χ2v) is 13.6. The first-order valence-electron chi connectivity index (χ1n) is 14.7. The minimum absolute atomic E-state index is 0.189. The van der Waals surface area contributed by atoms with E-state index in [0.29, 0.717) is 16.4 Å². The van der Waals surface area contributed by atoms with Crippen LogP contribution >= 0.6 is 11.6 Å². The van der Waals surface area contributed by atoms with Gasteiger partial charge in [0.2, 0.25) is 11.9 Å². The summed E-state index contributed by atoms with van der Waals surface area (Å²) >= 11 is 6.29. The van der Waals surface area contributed by atoms with Crippen LogP contribution in [0.3, 0.4) is 0 Å². The second-order valence-electron chi connectivity index (χ2n) is 13.1. The molecule has 0 bridgehead atoms. The van der Waals surface area contributed by atoms with Gasteiger partial charge in [0.15, 0.2) is 0 Å². The second kappa shape index (κ2) is 10.8. The molecule has 1 spiro atoms. The van der Waals surface area contributed by atoms with Crippen LogP contribution in [-0.4, -0.2) is 29.9 Å². The van der Waals surface area contributed by atoms with Crippen molar-refractivity contribution in [3.63, 3.8) is 0 Å². The summed E-state index contributed by atoms with van der Waals surface area (Å²) < 4.78 is 0. The van der Waals surface area contributed by atoms with Crippen LogP contribution in [0.25, 0.3) is 27.8 Å². The lowest BCUT2D eigenvalue weighted by molar-refractivity contribution is 0.335. The van der Waals surface area contributed by atoms with Gasteiger partial charge in [0, 0.05) is 53.9 Å². The average Bonchev–Trinajstić information content (AvgIpc) is 3.24. The van der Waals surface area contributed by atoms with E-state index in [0.717, 1.165) is 60.2 Å². The molecule has 0 saturated carbocycles. The van der Waals surface area contributed by atoms with Crippen molar-refractivity contribution in [3.8, 4) is 22.3 Å². The first-order valence-corrected chi connectivity index (χ1v) is 15.1. The number of pyridine rings is 2. The molecular formula is C34H37ClN8.